The Hall–Kier alpha value is -0.630. The minimum atomic E-state index is -3.65. The molecule has 0 bridgehead atoms. The molecule has 1 rings (SSSR count). The van der Waals surface area contributed by atoms with Gasteiger partial charge in [0.05, 0.1) is 4.90 Å². The Morgan fingerprint density at radius 1 is 1.40 bits per heavy atom. The molecule has 20 heavy (non-hydrogen) atoms. The van der Waals surface area contributed by atoms with Gasteiger partial charge in [-0.1, -0.05) is 0 Å². The van der Waals surface area contributed by atoms with Gasteiger partial charge in [0.1, 0.15) is 5.82 Å². The number of nitrogens with zero attached hydrogens (tertiary/aromatic N) is 1. The van der Waals surface area contributed by atoms with E-state index in [2.05, 4.69) is 5.32 Å². The van der Waals surface area contributed by atoms with Crippen LogP contribution in [0.4, 0.5) is 4.39 Å². The fourth-order valence-electron chi connectivity index (χ4n) is 1.79. The molecular formula is C13H21FN2O2S2. The summed E-state index contributed by atoms with van der Waals surface area (Å²) >= 11 is 1.57. The van der Waals surface area contributed by atoms with Gasteiger partial charge >= 0.3 is 0 Å². The van der Waals surface area contributed by atoms with Gasteiger partial charge in [0.15, 0.2) is 0 Å². The number of hydrogen-bond acceptors (Lipinski definition) is 4. The third kappa shape index (κ3) is 3.94. The van der Waals surface area contributed by atoms with E-state index in [1.807, 2.05) is 6.26 Å². The normalized spacial score (nSPS) is 12.1. The molecule has 0 atom stereocenters. The van der Waals surface area contributed by atoms with Crippen LogP contribution in [0.2, 0.25) is 0 Å². The number of halogens is 1. The monoisotopic (exact) mass is 320 g/mol. The molecule has 0 aromatic heterocycles. The Kier molecular flexibility index (Phi) is 6.44. The molecule has 4 nitrogen and oxygen atoms in total. The molecule has 1 N–H and O–H groups in total. The molecule has 1 aromatic carbocycles. The Morgan fingerprint density at radius 2 is 2.05 bits per heavy atom. The largest absolute Gasteiger partial charge is 0.316 e. The molecule has 0 heterocycles. The van der Waals surface area contributed by atoms with Crippen molar-refractivity contribution in [1.82, 2.24) is 9.62 Å². The Labute approximate surface area is 124 Å². The van der Waals surface area contributed by atoms with Crippen LogP contribution in [0.25, 0.3) is 0 Å². The number of thioether (sulfide) groups is 1. The fraction of sp³-hybridized carbons (Fsp3) is 0.538. The van der Waals surface area contributed by atoms with Gasteiger partial charge in [0.25, 0.3) is 0 Å². The summed E-state index contributed by atoms with van der Waals surface area (Å²) in [5.74, 6) is 0.211. The zero-order valence-electron chi connectivity index (χ0n) is 12.2. The summed E-state index contributed by atoms with van der Waals surface area (Å²) in [6, 6.07) is 2.91. The fourth-order valence-corrected chi connectivity index (χ4v) is 3.81. The van der Waals surface area contributed by atoms with E-state index in [1.165, 1.54) is 24.3 Å². The third-order valence-corrected chi connectivity index (χ3v) is 5.61. The first-order valence-electron chi connectivity index (χ1n) is 6.23. The van der Waals surface area contributed by atoms with Crippen LogP contribution in [-0.4, -0.2) is 45.4 Å². The van der Waals surface area contributed by atoms with E-state index in [0.29, 0.717) is 24.4 Å². The van der Waals surface area contributed by atoms with Crippen LogP contribution in [0.1, 0.15) is 11.1 Å². The molecule has 0 aliphatic carbocycles. The van der Waals surface area contributed by atoms with E-state index in [1.54, 1.807) is 24.9 Å². The van der Waals surface area contributed by atoms with Crippen molar-refractivity contribution >= 4 is 21.8 Å². The lowest BCUT2D eigenvalue weighted by molar-refractivity contribution is 0.486. The van der Waals surface area contributed by atoms with Gasteiger partial charge in [-0.25, -0.2) is 17.1 Å². The van der Waals surface area contributed by atoms with Gasteiger partial charge in [-0.3, -0.25) is 0 Å². The third-order valence-electron chi connectivity index (χ3n) is 3.04. The zero-order chi connectivity index (χ0) is 15.3. The maximum Gasteiger partial charge on any atom is 0.243 e. The second kappa shape index (κ2) is 7.40. The quantitative estimate of drug-likeness (QED) is 0.833. The SMILES string of the molecule is CNCc1cc(F)c(C)c(S(=O)(=O)N(C)CCSC)c1. The number of benzene rings is 1. The van der Waals surface area contributed by atoms with Crippen molar-refractivity contribution in [3.8, 4) is 0 Å². The highest BCUT2D eigenvalue weighted by molar-refractivity contribution is 7.98. The molecule has 0 amide bonds. The van der Waals surface area contributed by atoms with Gasteiger partial charge in [-0.05, 0) is 37.9 Å². The molecule has 1 aromatic rings. The van der Waals surface area contributed by atoms with Crippen LogP contribution in [0.15, 0.2) is 17.0 Å². The number of hydrogen-bond donors (Lipinski definition) is 1. The van der Waals surface area contributed by atoms with E-state index in [0.717, 1.165) is 0 Å². The summed E-state index contributed by atoms with van der Waals surface area (Å²) in [6.45, 7) is 2.32. The second-order valence-electron chi connectivity index (χ2n) is 4.55. The van der Waals surface area contributed by atoms with Gasteiger partial charge in [0.2, 0.25) is 10.0 Å². The lowest BCUT2D eigenvalue weighted by Crippen LogP contribution is -2.30. The van der Waals surface area contributed by atoms with Crippen LogP contribution >= 0.6 is 11.8 Å². The molecule has 7 heteroatoms. The molecule has 0 aliphatic rings. The molecule has 0 fully saturated rings. The highest BCUT2D eigenvalue weighted by Crippen LogP contribution is 2.23. The Bertz CT molecular complexity index is 562. The predicted molar refractivity (Wildman–Crippen MR) is 82.1 cm³/mol. The van der Waals surface area contributed by atoms with Crippen LogP contribution < -0.4 is 5.32 Å². The zero-order valence-corrected chi connectivity index (χ0v) is 13.9. The minimum Gasteiger partial charge on any atom is -0.316 e. The maximum atomic E-state index is 13.9. The topological polar surface area (TPSA) is 49.4 Å². The molecule has 0 spiro atoms. The maximum absolute atomic E-state index is 13.9. The Morgan fingerprint density at radius 3 is 2.60 bits per heavy atom. The van der Waals surface area contributed by atoms with E-state index in [4.69, 9.17) is 0 Å². The summed E-state index contributed by atoms with van der Waals surface area (Å²) in [5, 5.41) is 2.89. The highest BCUT2D eigenvalue weighted by Gasteiger charge is 2.24. The lowest BCUT2D eigenvalue weighted by atomic mass is 10.1. The van der Waals surface area contributed by atoms with Gasteiger partial charge in [-0.15, -0.1) is 0 Å². The molecule has 0 unspecified atom stereocenters. The summed E-state index contributed by atoms with van der Waals surface area (Å²) in [6.07, 6.45) is 1.92. The molecule has 0 radical (unpaired) electrons. The van der Waals surface area contributed by atoms with Crippen molar-refractivity contribution < 1.29 is 12.8 Å². The van der Waals surface area contributed by atoms with Gasteiger partial charge < -0.3 is 5.32 Å². The second-order valence-corrected chi connectivity index (χ2v) is 7.55. The molecular weight excluding hydrogens is 299 g/mol. The number of rotatable bonds is 7. The van der Waals surface area contributed by atoms with E-state index in [-0.39, 0.29) is 10.5 Å². The standard InChI is InChI=1S/C13H21FN2O2S2/c1-10-12(14)7-11(9-15-2)8-13(10)20(17,18)16(3)5-6-19-4/h7-8,15H,5-6,9H2,1-4H3. The van der Waals surface area contributed by atoms with Crippen LogP contribution in [0.3, 0.4) is 0 Å². The van der Waals surface area contributed by atoms with Crippen molar-refractivity contribution in [2.45, 2.75) is 18.4 Å². The van der Waals surface area contributed by atoms with E-state index >= 15 is 0 Å². The van der Waals surface area contributed by atoms with Crippen LogP contribution in [0.5, 0.6) is 0 Å². The summed E-state index contributed by atoms with van der Waals surface area (Å²) in [4.78, 5) is 0.0475. The van der Waals surface area contributed by atoms with Crippen LogP contribution in [-0.2, 0) is 16.6 Å². The van der Waals surface area contributed by atoms with Gasteiger partial charge in [0, 0.05) is 31.5 Å². The highest BCUT2D eigenvalue weighted by atomic mass is 32.2. The molecule has 0 saturated heterocycles. The predicted octanol–water partition coefficient (Wildman–Crippen LogP) is 1.84. The molecule has 114 valence electrons. The number of nitrogens with one attached hydrogen (secondary N) is 1. The first-order valence-corrected chi connectivity index (χ1v) is 9.07. The average molecular weight is 320 g/mol. The first-order chi connectivity index (χ1) is 9.34. The summed E-state index contributed by atoms with van der Waals surface area (Å²) < 4.78 is 40.2. The average Bonchev–Trinajstić information content (AvgIpc) is 2.39. The smallest absolute Gasteiger partial charge is 0.243 e. The van der Waals surface area contributed by atoms with Crippen molar-refractivity contribution in [3.05, 3.63) is 29.1 Å². The van der Waals surface area contributed by atoms with Crippen molar-refractivity contribution in [1.29, 1.82) is 0 Å². The molecule has 0 saturated carbocycles. The van der Waals surface area contributed by atoms with Crippen molar-refractivity contribution in [2.75, 3.05) is 32.6 Å². The van der Waals surface area contributed by atoms with Crippen LogP contribution in [0, 0.1) is 12.7 Å². The lowest BCUT2D eigenvalue weighted by Gasteiger charge is -2.19. The summed E-state index contributed by atoms with van der Waals surface area (Å²) in [5.41, 5.74) is 0.785. The minimum absolute atomic E-state index is 0.0475. The first kappa shape index (κ1) is 17.4. The number of sulfonamides is 1. The molecule has 0 aliphatic heterocycles. The van der Waals surface area contributed by atoms with Gasteiger partial charge in [-0.2, -0.15) is 11.8 Å². The Balaban J connectivity index is 3.22. The van der Waals surface area contributed by atoms with Crippen molar-refractivity contribution in [3.63, 3.8) is 0 Å². The van der Waals surface area contributed by atoms with Crippen molar-refractivity contribution in [2.24, 2.45) is 0 Å². The van der Waals surface area contributed by atoms with E-state index < -0.39 is 15.8 Å². The van der Waals surface area contributed by atoms with E-state index in [9.17, 15) is 12.8 Å². The summed E-state index contributed by atoms with van der Waals surface area (Å²) in [7, 11) is -0.399.